The molecule has 0 bridgehead atoms. The Kier molecular flexibility index (Phi) is 3.50. The number of rotatable bonds is 2. The zero-order chi connectivity index (χ0) is 11.6. The normalized spacial score (nSPS) is 28.6. The Morgan fingerprint density at radius 3 is 2.06 bits per heavy atom. The average molecular weight is 244 g/mol. The smallest absolute Gasteiger partial charge is 0.312 e. The predicted molar refractivity (Wildman–Crippen MR) is 64.7 cm³/mol. The first-order chi connectivity index (χ1) is 7.61. The van der Waals surface area contributed by atoms with E-state index in [1.165, 1.54) is 0 Å². The van der Waals surface area contributed by atoms with E-state index in [-0.39, 0.29) is 0 Å². The van der Waals surface area contributed by atoms with Crippen molar-refractivity contribution in [1.29, 1.82) is 0 Å². The van der Waals surface area contributed by atoms with Crippen LogP contribution in [0.15, 0.2) is 0 Å². The monoisotopic (exact) mass is 244 g/mol. The van der Waals surface area contributed by atoms with Crippen LogP contribution in [0.1, 0.15) is 44.9 Å². The van der Waals surface area contributed by atoms with Gasteiger partial charge in [0, 0.05) is 0 Å². The highest BCUT2D eigenvalue weighted by molar-refractivity contribution is 7.99. The molecule has 1 saturated carbocycles. The van der Waals surface area contributed by atoms with Crippen LogP contribution in [-0.2, 0) is 4.79 Å². The van der Waals surface area contributed by atoms with E-state index in [2.05, 4.69) is 0 Å². The topological polar surface area (TPSA) is 57.5 Å². The molecule has 1 heterocycles. The molecule has 2 N–H and O–H groups in total. The number of thioether (sulfide) groups is 1. The molecular weight excluding hydrogens is 224 g/mol. The van der Waals surface area contributed by atoms with Crippen molar-refractivity contribution in [1.82, 2.24) is 0 Å². The fraction of sp³-hybridized carbons (Fsp3) is 0.917. The molecular formula is C12H20O3S. The summed E-state index contributed by atoms with van der Waals surface area (Å²) >= 11 is 1.82. The first kappa shape index (κ1) is 12.2. The van der Waals surface area contributed by atoms with Crippen molar-refractivity contribution in [2.24, 2.45) is 5.41 Å². The van der Waals surface area contributed by atoms with Gasteiger partial charge in [-0.1, -0.05) is 19.3 Å². The number of carbonyl (C=O) groups is 1. The number of hydrogen-bond acceptors (Lipinski definition) is 3. The molecule has 2 rings (SSSR count). The van der Waals surface area contributed by atoms with Crippen LogP contribution < -0.4 is 0 Å². The van der Waals surface area contributed by atoms with Gasteiger partial charge in [-0.25, -0.2) is 0 Å². The number of aliphatic carboxylic acids is 1. The molecule has 0 aromatic heterocycles. The third kappa shape index (κ3) is 1.86. The number of aliphatic hydroxyl groups is 1. The zero-order valence-corrected chi connectivity index (χ0v) is 10.4. The Balaban J connectivity index is 2.26. The number of hydrogen-bond donors (Lipinski definition) is 2. The summed E-state index contributed by atoms with van der Waals surface area (Å²) in [5.74, 6) is 1.01. The van der Waals surface area contributed by atoms with Crippen LogP contribution in [0.3, 0.4) is 0 Å². The lowest BCUT2D eigenvalue weighted by Crippen LogP contribution is -2.56. The summed E-state index contributed by atoms with van der Waals surface area (Å²) < 4.78 is 0. The van der Waals surface area contributed by atoms with Crippen LogP contribution >= 0.6 is 11.8 Å². The molecule has 2 aliphatic rings. The van der Waals surface area contributed by atoms with Gasteiger partial charge in [0.25, 0.3) is 0 Å². The average Bonchev–Trinajstić information content (AvgIpc) is 2.30. The Morgan fingerprint density at radius 1 is 1.00 bits per heavy atom. The third-order valence-electron chi connectivity index (χ3n) is 4.33. The van der Waals surface area contributed by atoms with Gasteiger partial charge in [-0.05, 0) is 37.2 Å². The van der Waals surface area contributed by atoms with E-state index in [9.17, 15) is 15.0 Å². The van der Waals surface area contributed by atoms with E-state index in [4.69, 9.17) is 0 Å². The minimum atomic E-state index is -0.954. The maximum Gasteiger partial charge on any atom is 0.312 e. The fourth-order valence-electron chi connectivity index (χ4n) is 3.22. The van der Waals surface area contributed by atoms with Gasteiger partial charge >= 0.3 is 5.97 Å². The second kappa shape index (κ2) is 4.57. The molecule has 1 aliphatic heterocycles. The quantitative estimate of drug-likeness (QED) is 0.782. The lowest BCUT2D eigenvalue weighted by molar-refractivity contribution is -0.177. The standard InChI is InChI=1S/C12H20O3S/c13-10(14)11(4-2-1-3-5-11)12(15)6-8-16-9-7-12/h15H,1-9H2,(H,13,14). The molecule has 0 aromatic carbocycles. The molecule has 0 radical (unpaired) electrons. The summed E-state index contributed by atoms with van der Waals surface area (Å²) in [5.41, 5.74) is -1.81. The number of carboxylic acid groups (broad SMARTS) is 1. The molecule has 0 aromatic rings. The van der Waals surface area contributed by atoms with Crippen molar-refractivity contribution in [2.45, 2.75) is 50.5 Å². The Labute approximate surface area is 101 Å². The van der Waals surface area contributed by atoms with E-state index in [1.54, 1.807) is 0 Å². The molecule has 92 valence electrons. The first-order valence-electron chi connectivity index (χ1n) is 6.14. The highest BCUT2D eigenvalue weighted by atomic mass is 32.2. The van der Waals surface area contributed by atoms with Crippen LogP contribution in [0.5, 0.6) is 0 Å². The van der Waals surface area contributed by atoms with Crippen LogP contribution in [0.2, 0.25) is 0 Å². The van der Waals surface area contributed by atoms with Gasteiger partial charge in [0.2, 0.25) is 0 Å². The van der Waals surface area contributed by atoms with Crippen LogP contribution in [0.4, 0.5) is 0 Å². The molecule has 0 amide bonds. The molecule has 4 heteroatoms. The third-order valence-corrected chi connectivity index (χ3v) is 5.31. The highest BCUT2D eigenvalue weighted by Crippen LogP contribution is 2.50. The molecule has 16 heavy (non-hydrogen) atoms. The molecule has 0 spiro atoms. The minimum Gasteiger partial charge on any atom is -0.481 e. The van der Waals surface area contributed by atoms with E-state index in [0.29, 0.717) is 25.7 Å². The first-order valence-corrected chi connectivity index (χ1v) is 7.30. The second-order valence-electron chi connectivity index (χ2n) is 5.09. The summed E-state index contributed by atoms with van der Waals surface area (Å²) in [4.78, 5) is 11.6. The van der Waals surface area contributed by atoms with Crippen molar-refractivity contribution in [3.05, 3.63) is 0 Å². The van der Waals surface area contributed by atoms with Crippen LogP contribution in [-0.4, -0.2) is 33.3 Å². The van der Waals surface area contributed by atoms with Crippen LogP contribution in [0, 0.1) is 5.41 Å². The lowest BCUT2D eigenvalue weighted by Gasteiger charge is -2.48. The molecule has 0 atom stereocenters. The Hall–Kier alpha value is -0.220. The largest absolute Gasteiger partial charge is 0.481 e. The lowest BCUT2D eigenvalue weighted by atomic mass is 9.61. The summed E-state index contributed by atoms with van der Waals surface area (Å²) in [6.07, 6.45) is 5.60. The molecule has 1 aliphatic carbocycles. The maximum absolute atomic E-state index is 11.6. The molecule has 1 saturated heterocycles. The van der Waals surface area contributed by atoms with Crippen molar-refractivity contribution < 1.29 is 15.0 Å². The maximum atomic E-state index is 11.6. The van der Waals surface area contributed by atoms with Gasteiger partial charge in [-0.3, -0.25) is 4.79 Å². The second-order valence-corrected chi connectivity index (χ2v) is 6.32. The van der Waals surface area contributed by atoms with Gasteiger partial charge in [-0.15, -0.1) is 0 Å². The zero-order valence-electron chi connectivity index (χ0n) is 9.57. The highest BCUT2D eigenvalue weighted by Gasteiger charge is 2.55. The number of carboxylic acids is 1. The van der Waals surface area contributed by atoms with Crippen molar-refractivity contribution >= 4 is 17.7 Å². The van der Waals surface area contributed by atoms with Gasteiger partial charge in [0.05, 0.1) is 11.0 Å². The predicted octanol–water partition coefficient (Wildman–Crippen LogP) is 2.28. The van der Waals surface area contributed by atoms with Crippen molar-refractivity contribution in [3.63, 3.8) is 0 Å². The fourth-order valence-corrected chi connectivity index (χ4v) is 4.39. The minimum absolute atomic E-state index is 0.643. The van der Waals surface area contributed by atoms with E-state index >= 15 is 0 Å². The molecule has 3 nitrogen and oxygen atoms in total. The summed E-state index contributed by atoms with van der Waals surface area (Å²) in [6.45, 7) is 0. The SMILES string of the molecule is O=C(O)C1(C2(O)CCSCC2)CCCCC1. The van der Waals surface area contributed by atoms with Gasteiger partial charge in [0.1, 0.15) is 0 Å². The van der Waals surface area contributed by atoms with Gasteiger partial charge < -0.3 is 10.2 Å². The van der Waals surface area contributed by atoms with Crippen molar-refractivity contribution in [3.8, 4) is 0 Å². The molecule has 2 fully saturated rings. The summed E-state index contributed by atoms with van der Waals surface area (Å²) in [5, 5.41) is 20.3. The van der Waals surface area contributed by atoms with E-state index in [0.717, 1.165) is 30.8 Å². The summed E-state index contributed by atoms with van der Waals surface area (Å²) in [6, 6.07) is 0. The van der Waals surface area contributed by atoms with E-state index < -0.39 is 17.0 Å². The Morgan fingerprint density at radius 2 is 1.56 bits per heavy atom. The van der Waals surface area contributed by atoms with Gasteiger partial charge in [0.15, 0.2) is 0 Å². The van der Waals surface area contributed by atoms with E-state index in [1.807, 2.05) is 11.8 Å². The van der Waals surface area contributed by atoms with Gasteiger partial charge in [-0.2, -0.15) is 11.8 Å². The summed E-state index contributed by atoms with van der Waals surface area (Å²) in [7, 11) is 0. The molecule has 0 unspecified atom stereocenters. The van der Waals surface area contributed by atoms with Crippen molar-refractivity contribution in [2.75, 3.05) is 11.5 Å². The Bertz CT molecular complexity index is 265. The van der Waals surface area contributed by atoms with Crippen LogP contribution in [0.25, 0.3) is 0 Å².